The molecule has 8 heteroatoms. The Morgan fingerprint density at radius 2 is 2.12 bits per heavy atom. The minimum absolute atomic E-state index is 0.482. The number of ether oxygens (including phenoxy) is 1. The molecule has 0 unspecified atom stereocenters. The molecule has 0 atom stereocenters. The van der Waals surface area contributed by atoms with E-state index < -0.39 is 0 Å². The number of benzene rings is 1. The van der Waals surface area contributed by atoms with E-state index in [2.05, 4.69) is 41.9 Å². The molecule has 0 aliphatic carbocycles. The maximum atomic E-state index is 8.92. The summed E-state index contributed by atoms with van der Waals surface area (Å²) in [5.74, 6) is 1.15. The number of nitriles is 1. The summed E-state index contributed by atoms with van der Waals surface area (Å²) in [5, 5.41) is 13.0. The molecule has 1 aliphatic heterocycles. The molecule has 0 bridgehead atoms. The maximum Gasteiger partial charge on any atom is 0.241 e. The lowest BCUT2D eigenvalue weighted by atomic mass is 10.2. The highest BCUT2D eigenvalue weighted by atomic mass is 79.9. The van der Waals surface area contributed by atoms with Gasteiger partial charge in [0.05, 0.1) is 25.8 Å². The number of hydrogen-bond donors (Lipinski definition) is 0. The molecule has 1 aromatic carbocycles. The second-order valence-electron chi connectivity index (χ2n) is 6.16. The second kappa shape index (κ2) is 9.78. The average Bonchev–Trinajstić information content (AvgIpc) is 3.13. The van der Waals surface area contributed by atoms with E-state index in [1.807, 2.05) is 24.3 Å². The van der Waals surface area contributed by atoms with E-state index >= 15 is 0 Å². The van der Waals surface area contributed by atoms with Crippen LogP contribution in [0.5, 0.6) is 0 Å². The Hall–Kier alpha value is -1.79. The lowest BCUT2D eigenvalue weighted by molar-refractivity contribution is 0.0325. The van der Waals surface area contributed by atoms with Crippen LogP contribution in [0.25, 0.3) is 11.4 Å². The van der Waals surface area contributed by atoms with Gasteiger partial charge in [-0.05, 0) is 12.1 Å². The third-order valence-electron chi connectivity index (χ3n) is 4.29. The van der Waals surface area contributed by atoms with E-state index in [0.717, 1.165) is 49.4 Å². The third kappa shape index (κ3) is 5.61. The van der Waals surface area contributed by atoms with Crippen molar-refractivity contribution in [1.82, 2.24) is 19.9 Å². The molecule has 0 radical (unpaired) electrons. The zero-order valence-corrected chi connectivity index (χ0v) is 16.2. The molecule has 0 amide bonds. The van der Waals surface area contributed by atoms with Gasteiger partial charge in [0.1, 0.15) is 0 Å². The van der Waals surface area contributed by atoms with Gasteiger partial charge in [-0.15, -0.1) is 0 Å². The van der Waals surface area contributed by atoms with Gasteiger partial charge in [0.25, 0.3) is 0 Å². The molecule has 2 aromatic rings. The maximum absolute atomic E-state index is 8.92. The van der Waals surface area contributed by atoms with Crippen LogP contribution >= 0.6 is 15.9 Å². The number of morpholine rings is 1. The average molecular weight is 420 g/mol. The van der Waals surface area contributed by atoms with Crippen molar-refractivity contribution in [2.75, 3.05) is 45.9 Å². The van der Waals surface area contributed by atoms with Gasteiger partial charge in [0.15, 0.2) is 0 Å². The minimum atomic E-state index is 0.482. The van der Waals surface area contributed by atoms with Gasteiger partial charge in [-0.25, -0.2) is 0 Å². The molecule has 26 heavy (non-hydrogen) atoms. The first-order chi connectivity index (χ1) is 12.7. The highest BCUT2D eigenvalue weighted by molar-refractivity contribution is 9.10. The highest BCUT2D eigenvalue weighted by Gasteiger charge is 2.16. The Kier molecular flexibility index (Phi) is 7.14. The van der Waals surface area contributed by atoms with Crippen LogP contribution < -0.4 is 0 Å². The molecule has 0 spiro atoms. The quantitative estimate of drug-likeness (QED) is 0.650. The minimum Gasteiger partial charge on any atom is -0.379 e. The molecule has 1 aromatic heterocycles. The number of nitrogens with zero attached hydrogens (tertiary/aromatic N) is 5. The van der Waals surface area contributed by atoms with Crippen LogP contribution in [-0.4, -0.2) is 65.9 Å². The van der Waals surface area contributed by atoms with Gasteiger partial charge in [0.2, 0.25) is 11.7 Å². The van der Waals surface area contributed by atoms with Crippen molar-refractivity contribution >= 4 is 15.9 Å². The molecule has 1 aliphatic rings. The standard InChI is InChI=1S/C18H22BrN5O2/c19-16-4-1-3-15(13-16)18-21-17(26-22-18)14-24(6-2-5-20)8-7-23-9-11-25-12-10-23/h1,3-4,13H,2,6-12,14H2. The van der Waals surface area contributed by atoms with Crippen molar-refractivity contribution in [2.45, 2.75) is 13.0 Å². The Morgan fingerprint density at radius 1 is 1.27 bits per heavy atom. The second-order valence-corrected chi connectivity index (χ2v) is 7.08. The van der Waals surface area contributed by atoms with Crippen LogP contribution in [0.1, 0.15) is 12.3 Å². The Bertz CT molecular complexity index is 739. The van der Waals surface area contributed by atoms with Crippen LogP contribution in [0.2, 0.25) is 0 Å². The summed E-state index contributed by atoms with van der Waals surface area (Å²) in [5.41, 5.74) is 0.909. The fourth-order valence-electron chi connectivity index (χ4n) is 2.84. The van der Waals surface area contributed by atoms with Crippen LogP contribution in [0.4, 0.5) is 0 Å². The summed E-state index contributed by atoms with van der Waals surface area (Å²) >= 11 is 3.45. The first-order valence-electron chi connectivity index (χ1n) is 8.72. The van der Waals surface area contributed by atoms with Crippen LogP contribution in [0.15, 0.2) is 33.3 Å². The van der Waals surface area contributed by atoms with Crippen LogP contribution in [0.3, 0.4) is 0 Å². The van der Waals surface area contributed by atoms with Crippen LogP contribution in [-0.2, 0) is 11.3 Å². The summed E-state index contributed by atoms with van der Waals surface area (Å²) in [6.07, 6.45) is 0.482. The Labute approximate surface area is 161 Å². The summed E-state index contributed by atoms with van der Waals surface area (Å²) in [7, 11) is 0. The first kappa shape index (κ1) is 19.0. The highest BCUT2D eigenvalue weighted by Crippen LogP contribution is 2.20. The predicted octanol–water partition coefficient (Wildman–Crippen LogP) is 2.55. The molecule has 0 saturated carbocycles. The Morgan fingerprint density at radius 3 is 2.88 bits per heavy atom. The number of rotatable bonds is 8. The zero-order chi connectivity index (χ0) is 18.2. The van der Waals surface area contributed by atoms with E-state index in [-0.39, 0.29) is 0 Å². The van der Waals surface area contributed by atoms with Crippen molar-refractivity contribution in [2.24, 2.45) is 0 Å². The smallest absolute Gasteiger partial charge is 0.241 e. The lowest BCUT2D eigenvalue weighted by Crippen LogP contribution is -2.41. The molecular weight excluding hydrogens is 398 g/mol. The third-order valence-corrected chi connectivity index (χ3v) is 4.78. The predicted molar refractivity (Wildman–Crippen MR) is 100 cm³/mol. The summed E-state index contributed by atoms with van der Waals surface area (Å²) < 4.78 is 11.8. The topological polar surface area (TPSA) is 78.4 Å². The van der Waals surface area contributed by atoms with Gasteiger partial charge in [-0.3, -0.25) is 9.80 Å². The molecule has 0 N–H and O–H groups in total. The van der Waals surface area contributed by atoms with Gasteiger partial charge < -0.3 is 9.26 Å². The van der Waals surface area contributed by atoms with Gasteiger partial charge in [-0.1, -0.05) is 33.2 Å². The lowest BCUT2D eigenvalue weighted by Gasteiger charge is -2.29. The summed E-state index contributed by atoms with van der Waals surface area (Å²) in [4.78, 5) is 9.08. The van der Waals surface area contributed by atoms with E-state index in [4.69, 9.17) is 14.5 Å². The van der Waals surface area contributed by atoms with E-state index in [1.165, 1.54) is 0 Å². The van der Waals surface area contributed by atoms with Crippen molar-refractivity contribution in [1.29, 1.82) is 5.26 Å². The number of halogens is 1. The van der Waals surface area contributed by atoms with E-state index in [9.17, 15) is 0 Å². The molecule has 1 saturated heterocycles. The largest absolute Gasteiger partial charge is 0.379 e. The summed E-state index contributed by atoms with van der Waals surface area (Å²) in [6, 6.07) is 10.0. The van der Waals surface area contributed by atoms with Crippen molar-refractivity contribution in [3.8, 4) is 17.5 Å². The van der Waals surface area contributed by atoms with Gasteiger partial charge in [-0.2, -0.15) is 10.2 Å². The zero-order valence-electron chi connectivity index (χ0n) is 14.6. The fraction of sp³-hybridized carbons (Fsp3) is 0.500. The Balaban J connectivity index is 1.60. The van der Waals surface area contributed by atoms with Crippen molar-refractivity contribution in [3.63, 3.8) is 0 Å². The van der Waals surface area contributed by atoms with E-state index in [1.54, 1.807) is 0 Å². The first-order valence-corrected chi connectivity index (χ1v) is 9.52. The van der Waals surface area contributed by atoms with E-state index in [0.29, 0.717) is 31.2 Å². The SMILES string of the molecule is N#CCCN(CCN1CCOCC1)Cc1nc(-c2cccc(Br)c2)no1. The monoisotopic (exact) mass is 419 g/mol. The fourth-order valence-corrected chi connectivity index (χ4v) is 3.24. The molecule has 1 fully saturated rings. The number of hydrogen-bond acceptors (Lipinski definition) is 7. The van der Waals surface area contributed by atoms with Crippen molar-refractivity contribution < 1.29 is 9.26 Å². The van der Waals surface area contributed by atoms with Gasteiger partial charge >= 0.3 is 0 Å². The normalized spacial score (nSPS) is 15.3. The molecule has 138 valence electrons. The van der Waals surface area contributed by atoms with Gasteiger partial charge in [0, 0.05) is 49.2 Å². The molecule has 3 rings (SSSR count). The molecule has 2 heterocycles. The molecular formula is C18H22BrN5O2. The van der Waals surface area contributed by atoms with Crippen LogP contribution in [0, 0.1) is 11.3 Å². The molecule has 7 nitrogen and oxygen atoms in total. The van der Waals surface area contributed by atoms with Crippen molar-refractivity contribution in [3.05, 3.63) is 34.6 Å². The summed E-state index contributed by atoms with van der Waals surface area (Å²) in [6.45, 7) is 6.54. The number of aromatic nitrogens is 2.